The normalized spacial score (nSPS) is 12.9. The molecule has 2 aromatic carbocycles. The van der Waals surface area contributed by atoms with E-state index in [-0.39, 0.29) is 20.0 Å². The Morgan fingerprint density at radius 3 is 2.13 bits per heavy atom. The molecule has 0 saturated heterocycles. The molecule has 0 bridgehead atoms. The van der Waals surface area contributed by atoms with Gasteiger partial charge in [0.2, 0.25) is 0 Å². The van der Waals surface area contributed by atoms with Crippen molar-refractivity contribution in [2.45, 2.75) is 31.1 Å². The standard InChI is InChI=1S/C16H16Cl3NO2S/c1-3-10(2)11-4-6-12(7-5-11)20-23(21,22)16-9-14(18)13(17)8-15(16)19/h4-10,20H,3H2,1-2H3. The highest BCUT2D eigenvalue weighted by molar-refractivity contribution is 7.92. The lowest BCUT2D eigenvalue weighted by atomic mass is 9.99. The summed E-state index contributed by atoms with van der Waals surface area (Å²) in [5, 5.41) is 0.347. The van der Waals surface area contributed by atoms with Gasteiger partial charge in [0.1, 0.15) is 4.90 Å². The van der Waals surface area contributed by atoms with E-state index in [0.717, 1.165) is 12.0 Å². The largest absolute Gasteiger partial charge is 0.280 e. The van der Waals surface area contributed by atoms with Gasteiger partial charge >= 0.3 is 0 Å². The lowest BCUT2D eigenvalue weighted by Crippen LogP contribution is -2.13. The van der Waals surface area contributed by atoms with Gasteiger partial charge in [0, 0.05) is 5.69 Å². The maximum Gasteiger partial charge on any atom is 0.263 e. The molecule has 124 valence electrons. The summed E-state index contributed by atoms with van der Waals surface area (Å²) in [5.41, 5.74) is 1.61. The van der Waals surface area contributed by atoms with Gasteiger partial charge in [0.25, 0.3) is 10.0 Å². The van der Waals surface area contributed by atoms with Crippen molar-refractivity contribution in [3.8, 4) is 0 Å². The molecule has 0 fully saturated rings. The van der Waals surface area contributed by atoms with Crippen LogP contribution < -0.4 is 4.72 Å². The molecule has 3 nitrogen and oxygen atoms in total. The monoisotopic (exact) mass is 391 g/mol. The third-order valence-corrected chi connectivity index (χ3v) is 6.18. The summed E-state index contributed by atoms with van der Waals surface area (Å²) in [5.74, 6) is 0.421. The Balaban J connectivity index is 2.30. The summed E-state index contributed by atoms with van der Waals surface area (Å²) in [7, 11) is -3.85. The molecule has 1 atom stereocenters. The van der Waals surface area contributed by atoms with Gasteiger partial charge in [-0.15, -0.1) is 0 Å². The highest BCUT2D eigenvalue weighted by atomic mass is 35.5. The fourth-order valence-corrected chi connectivity index (χ4v) is 4.10. The smallest absolute Gasteiger partial charge is 0.263 e. The Morgan fingerprint density at radius 2 is 1.57 bits per heavy atom. The van der Waals surface area contributed by atoms with Gasteiger partial charge in [-0.25, -0.2) is 8.42 Å². The molecule has 0 saturated carbocycles. The molecule has 7 heteroatoms. The van der Waals surface area contributed by atoms with Gasteiger partial charge < -0.3 is 0 Å². The maximum atomic E-state index is 12.5. The van der Waals surface area contributed by atoms with Crippen molar-refractivity contribution in [1.29, 1.82) is 0 Å². The maximum absolute atomic E-state index is 12.5. The molecule has 0 amide bonds. The van der Waals surface area contributed by atoms with E-state index in [1.165, 1.54) is 12.1 Å². The molecule has 0 aliphatic heterocycles. The van der Waals surface area contributed by atoms with Crippen LogP contribution in [0.5, 0.6) is 0 Å². The zero-order valence-corrected chi connectivity index (χ0v) is 15.7. The molecule has 0 aliphatic rings. The third-order valence-electron chi connectivity index (χ3n) is 3.61. The summed E-state index contributed by atoms with van der Waals surface area (Å²) >= 11 is 17.7. The van der Waals surface area contributed by atoms with Crippen molar-refractivity contribution in [1.82, 2.24) is 0 Å². The number of halogens is 3. The molecular weight excluding hydrogens is 377 g/mol. The van der Waals surface area contributed by atoms with E-state index in [1.807, 2.05) is 12.1 Å². The summed E-state index contributed by atoms with van der Waals surface area (Å²) < 4.78 is 27.4. The van der Waals surface area contributed by atoms with Crippen molar-refractivity contribution in [2.75, 3.05) is 4.72 Å². The van der Waals surface area contributed by atoms with Crippen LogP contribution >= 0.6 is 34.8 Å². The Hall–Kier alpha value is -0.940. The molecule has 1 N–H and O–H groups in total. The van der Waals surface area contributed by atoms with Crippen LogP contribution in [0.1, 0.15) is 31.7 Å². The Morgan fingerprint density at radius 1 is 1.00 bits per heavy atom. The fraction of sp³-hybridized carbons (Fsp3) is 0.250. The molecule has 2 rings (SSSR count). The summed E-state index contributed by atoms with van der Waals surface area (Å²) in [4.78, 5) is -0.112. The van der Waals surface area contributed by atoms with Crippen molar-refractivity contribution in [2.24, 2.45) is 0 Å². The first-order valence-corrected chi connectivity index (χ1v) is 9.63. The van der Waals surface area contributed by atoms with Gasteiger partial charge in [-0.3, -0.25) is 4.72 Å². The number of hydrogen-bond donors (Lipinski definition) is 1. The summed E-state index contributed by atoms with van der Waals surface area (Å²) in [6, 6.07) is 9.81. The van der Waals surface area contributed by atoms with E-state index in [2.05, 4.69) is 18.6 Å². The number of benzene rings is 2. The number of hydrogen-bond acceptors (Lipinski definition) is 2. The quantitative estimate of drug-likeness (QED) is 0.638. The van der Waals surface area contributed by atoms with Crippen LogP contribution in [0.2, 0.25) is 15.1 Å². The Bertz CT molecular complexity index is 805. The molecule has 2 aromatic rings. The van der Waals surface area contributed by atoms with Crippen LogP contribution in [0.3, 0.4) is 0 Å². The van der Waals surface area contributed by atoms with Gasteiger partial charge in [-0.2, -0.15) is 0 Å². The third kappa shape index (κ3) is 4.32. The Labute approximate surface area is 151 Å². The first kappa shape index (κ1) is 18.4. The van der Waals surface area contributed by atoms with Crippen LogP contribution in [-0.4, -0.2) is 8.42 Å². The van der Waals surface area contributed by atoms with Crippen molar-refractivity contribution >= 4 is 50.5 Å². The minimum Gasteiger partial charge on any atom is -0.280 e. The van der Waals surface area contributed by atoms with E-state index in [1.54, 1.807) is 12.1 Å². The molecule has 0 heterocycles. The van der Waals surface area contributed by atoms with Crippen LogP contribution in [0, 0.1) is 0 Å². The van der Waals surface area contributed by atoms with Crippen molar-refractivity contribution < 1.29 is 8.42 Å². The highest BCUT2D eigenvalue weighted by Gasteiger charge is 2.20. The zero-order chi connectivity index (χ0) is 17.2. The average Bonchev–Trinajstić information content (AvgIpc) is 2.50. The van der Waals surface area contributed by atoms with Crippen LogP contribution in [0.15, 0.2) is 41.3 Å². The van der Waals surface area contributed by atoms with E-state index in [4.69, 9.17) is 34.8 Å². The van der Waals surface area contributed by atoms with Crippen LogP contribution in [-0.2, 0) is 10.0 Å². The number of sulfonamides is 1. The molecule has 0 spiro atoms. The fourth-order valence-electron chi connectivity index (χ4n) is 2.04. The van der Waals surface area contributed by atoms with Gasteiger partial charge in [0.05, 0.1) is 15.1 Å². The summed E-state index contributed by atoms with van der Waals surface area (Å²) in [6.45, 7) is 4.22. The highest BCUT2D eigenvalue weighted by Crippen LogP contribution is 2.32. The minimum absolute atomic E-state index is 0.0168. The van der Waals surface area contributed by atoms with Crippen LogP contribution in [0.4, 0.5) is 5.69 Å². The molecule has 0 radical (unpaired) electrons. The zero-order valence-electron chi connectivity index (χ0n) is 12.6. The van der Waals surface area contributed by atoms with Gasteiger partial charge in [-0.1, -0.05) is 60.8 Å². The topological polar surface area (TPSA) is 46.2 Å². The van der Waals surface area contributed by atoms with Crippen molar-refractivity contribution in [3.05, 3.63) is 57.0 Å². The second-order valence-electron chi connectivity index (χ2n) is 5.23. The second-order valence-corrected chi connectivity index (χ2v) is 8.11. The first-order chi connectivity index (χ1) is 10.7. The van der Waals surface area contributed by atoms with E-state index >= 15 is 0 Å². The Kier molecular flexibility index (Phi) is 5.84. The van der Waals surface area contributed by atoms with Crippen LogP contribution in [0.25, 0.3) is 0 Å². The average molecular weight is 393 g/mol. The van der Waals surface area contributed by atoms with E-state index in [9.17, 15) is 8.42 Å². The SMILES string of the molecule is CCC(C)c1ccc(NS(=O)(=O)c2cc(Cl)c(Cl)cc2Cl)cc1. The lowest BCUT2D eigenvalue weighted by Gasteiger charge is -2.12. The van der Waals surface area contributed by atoms with Crippen molar-refractivity contribution in [3.63, 3.8) is 0 Å². The molecular formula is C16H16Cl3NO2S. The second kappa shape index (κ2) is 7.31. The molecule has 0 aliphatic carbocycles. The predicted molar refractivity (Wildman–Crippen MR) is 97.4 cm³/mol. The lowest BCUT2D eigenvalue weighted by molar-refractivity contribution is 0.601. The number of nitrogens with one attached hydrogen (secondary N) is 1. The summed E-state index contributed by atoms with van der Waals surface area (Å²) in [6.07, 6.45) is 1.02. The molecule has 1 unspecified atom stereocenters. The predicted octanol–water partition coefficient (Wildman–Crippen LogP) is 5.96. The van der Waals surface area contributed by atoms with E-state index in [0.29, 0.717) is 11.6 Å². The molecule has 0 aromatic heterocycles. The number of anilines is 1. The molecule has 23 heavy (non-hydrogen) atoms. The van der Waals surface area contributed by atoms with Gasteiger partial charge in [0.15, 0.2) is 0 Å². The van der Waals surface area contributed by atoms with Gasteiger partial charge in [-0.05, 0) is 42.2 Å². The number of rotatable bonds is 5. The first-order valence-electron chi connectivity index (χ1n) is 7.02. The van der Waals surface area contributed by atoms with E-state index < -0.39 is 10.0 Å². The minimum atomic E-state index is -3.85.